The Balaban J connectivity index is 2.20. The summed E-state index contributed by atoms with van der Waals surface area (Å²) < 4.78 is 13.0. The van der Waals surface area contributed by atoms with Crippen molar-refractivity contribution >= 4 is 11.6 Å². The Hall–Kier alpha value is -0.600. The first-order valence-corrected chi connectivity index (χ1v) is 6.34. The lowest BCUT2D eigenvalue weighted by molar-refractivity contribution is 0.0490. The lowest BCUT2D eigenvalue weighted by Crippen LogP contribution is -2.52. The number of hydrogen-bond acceptors (Lipinski definition) is 1. The summed E-state index contributed by atoms with van der Waals surface area (Å²) in [4.78, 5) is 0. The van der Waals surface area contributed by atoms with Crippen LogP contribution in [0.25, 0.3) is 0 Å². The highest BCUT2D eigenvalue weighted by Gasteiger charge is 2.47. The first kappa shape index (κ1) is 12.8. The molecule has 0 amide bonds. The van der Waals surface area contributed by atoms with E-state index in [4.69, 9.17) is 17.3 Å². The zero-order chi connectivity index (χ0) is 12.8. The minimum atomic E-state index is -0.372. The van der Waals surface area contributed by atoms with Crippen LogP contribution < -0.4 is 5.73 Å². The largest absolute Gasteiger partial charge is 0.321 e. The van der Waals surface area contributed by atoms with Gasteiger partial charge in [0, 0.05) is 10.6 Å². The van der Waals surface area contributed by atoms with Gasteiger partial charge in [-0.15, -0.1) is 0 Å². The van der Waals surface area contributed by atoms with E-state index in [1.54, 1.807) is 6.07 Å². The molecule has 0 radical (unpaired) electrons. The minimum Gasteiger partial charge on any atom is -0.321 e. The van der Waals surface area contributed by atoms with Crippen molar-refractivity contribution in [2.45, 2.75) is 39.2 Å². The van der Waals surface area contributed by atoms with Crippen molar-refractivity contribution in [3.05, 3.63) is 34.6 Å². The van der Waals surface area contributed by atoms with Crippen LogP contribution in [0.3, 0.4) is 0 Å². The van der Waals surface area contributed by atoms with E-state index in [2.05, 4.69) is 20.8 Å². The molecule has 0 aromatic heterocycles. The third kappa shape index (κ3) is 2.34. The summed E-state index contributed by atoms with van der Waals surface area (Å²) in [6, 6.07) is 4.49. The van der Waals surface area contributed by atoms with E-state index >= 15 is 0 Å². The Labute approximate surface area is 107 Å². The van der Waals surface area contributed by atoms with Crippen LogP contribution in [-0.4, -0.2) is 0 Å². The highest BCUT2D eigenvalue weighted by atomic mass is 35.5. The van der Waals surface area contributed by atoms with Gasteiger partial charge in [0.15, 0.2) is 0 Å². The first-order valence-electron chi connectivity index (χ1n) is 5.97. The van der Waals surface area contributed by atoms with E-state index in [0.29, 0.717) is 10.9 Å². The van der Waals surface area contributed by atoms with E-state index in [-0.39, 0.29) is 16.8 Å². The van der Waals surface area contributed by atoms with Gasteiger partial charge in [0.1, 0.15) is 5.82 Å². The predicted molar refractivity (Wildman–Crippen MR) is 69.5 cm³/mol. The standard InChI is InChI=1S/C14H19ClFN/c1-13(2,3)9-7-14(17,8-9)11-5-4-10(16)6-12(11)15/h4-6,9H,7-8,17H2,1-3H3. The van der Waals surface area contributed by atoms with Gasteiger partial charge in [-0.2, -0.15) is 0 Å². The summed E-state index contributed by atoms with van der Waals surface area (Å²) in [6.45, 7) is 6.68. The Bertz CT molecular complexity index is 430. The van der Waals surface area contributed by atoms with Gasteiger partial charge in [0.25, 0.3) is 0 Å². The van der Waals surface area contributed by atoms with Crippen LogP contribution in [0, 0.1) is 17.2 Å². The van der Waals surface area contributed by atoms with Gasteiger partial charge in [-0.05, 0) is 41.9 Å². The number of halogens is 2. The van der Waals surface area contributed by atoms with Crippen molar-refractivity contribution in [1.82, 2.24) is 0 Å². The van der Waals surface area contributed by atoms with E-state index < -0.39 is 0 Å². The average molecular weight is 256 g/mol. The molecular weight excluding hydrogens is 237 g/mol. The molecule has 2 N–H and O–H groups in total. The molecule has 0 heterocycles. The molecule has 3 heteroatoms. The summed E-state index contributed by atoms with van der Waals surface area (Å²) in [5, 5.41) is 0.444. The second-order valence-electron chi connectivity index (χ2n) is 6.25. The molecule has 17 heavy (non-hydrogen) atoms. The van der Waals surface area contributed by atoms with Gasteiger partial charge < -0.3 is 5.73 Å². The van der Waals surface area contributed by atoms with E-state index in [0.717, 1.165) is 18.4 Å². The van der Waals surface area contributed by atoms with Crippen LogP contribution in [0.2, 0.25) is 5.02 Å². The third-order valence-electron chi connectivity index (χ3n) is 3.91. The number of hydrogen-bond donors (Lipinski definition) is 1. The van der Waals surface area contributed by atoms with Crippen LogP contribution in [0.15, 0.2) is 18.2 Å². The van der Waals surface area contributed by atoms with Gasteiger partial charge in [-0.3, -0.25) is 0 Å². The summed E-state index contributed by atoms with van der Waals surface area (Å²) in [5.74, 6) is 0.294. The lowest BCUT2D eigenvalue weighted by Gasteiger charge is -2.51. The maximum Gasteiger partial charge on any atom is 0.124 e. The second-order valence-corrected chi connectivity index (χ2v) is 6.66. The molecule has 1 nitrogen and oxygen atoms in total. The molecule has 1 aromatic carbocycles. The van der Waals surface area contributed by atoms with Crippen molar-refractivity contribution < 1.29 is 4.39 Å². The van der Waals surface area contributed by atoms with Gasteiger partial charge in [0.2, 0.25) is 0 Å². The molecule has 0 spiro atoms. The van der Waals surface area contributed by atoms with Gasteiger partial charge in [-0.25, -0.2) is 4.39 Å². The molecule has 0 atom stereocenters. The first-order chi connectivity index (χ1) is 7.72. The van der Waals surface area contributed by atoms with Crippen molar-refractivity contribution in [3.63, 3.8) is 0 Å². The zero-order valence-corrected chi connectivity index (χ0v) is 11.3. The van der Waals surface area contributed by atoms with E-state index in [1.165, 1.54) is 12.1 Å². The maximum atomic E-state index is 13.0. The smallest absolute Gasteiger partial charge is 0.124 e. The maximum absolute atomic E-state index is 13.0. The lowest BCUT2D eigenvalue weighted by atomic mass is 9.57. The fourth-order valence-electron chi connectivity index (χ4n) is 2.55. The van der Waals surface area contributed by atoms with Crippen molar-refractivity contribution in [2.75, 3.05) is 0 Å². The van der Waals surface area contributed by atoms with Gasteiger partial charge in [-0.1, -0.05) is 38.4 Å². The fourth-order valence-corrected chi connectivity index (χ4v) is 2.90. The van der Waals surface area contributed by atoms with Crippen molar-refractivity contribution in [2.24, 2.45) is 17.1 Å². The normalized spacial score (nSPS) is 28.9. The molecule has 1 aromatic rings. The van der Waals surface area contributed by atoms with Gasteiger partial charge in [0.05, 0.1) is 0 Å². The molecule has 0 saturated heterocycles. The molecule has 0 bridgehead atoms. The fraction of sp³-hybridized carbons (Fsp3) is 0.571. The average Bonchev–Trinajstić information content (AvgIpc) is 2.11. The highest BCUT2D eigenvalue weighted by Crippen LogP contribution is 2.52. The molecular formula is C14H19ClFN. The summed E-state index contributed by atoms with van der Waals surface area (Å²) in [5.41, 5.74) is 7.13. The van der Waals surface area contributed by atoms with Gasteiger partial charge >= 0.3 is 0 Å². The number of benzene rings is 1. The summed E-state index contributed by atoms with van der Waals surface area (Å²) in [7, 11) is 0. The quantitative estimate of drug-likeness (QED) is 0.804. The molecule has 2 rings (SSSR count). The Morgan fingerprint density at radius 2 is 1.94 bits per heavy atom. The minimum absolute atomic E-state index is 0.273. The molecule has 1 aliphatic carbocycles. The van der Waals surface area contributed by atoms with Crippen LogP contribution in [0.1, 0.15) is 39.2 Å². The Morgan fingerprint density at radius 1 is 1.35 bits per heavy atom. The molecule has 1 aliphatic rings. The zero-order valence-electron chi connectivity index (χ0n) is 10.6. The molecule has 0 unspecified atom stereocenters. The van der Waals surface area contributed by atoms with Crippen LogP contribution in [0.5, 0.6) is 0 Å². The number of rotatable bonds is 1. The van der Waals surface area contributed by atoms with E-state index in [1.807, 2.05) is 0 Å². The predicted octanol–water partition coefficient (Wildman–Crippen LogP) is 4.09. The topological polar surface area (TPSA) is 26.0 Å². The molecule has 0 aliphatic heterocycles. The molecule has 94 valence electrons. The summed E-state index contributed by atoms with van der Waals surface area (Å²) in [6.07, 6.45) is 1.84. The van der Waals surface area contributed by atoms with Crippen molar-refractivity contribution in [1.29, 1.82) is 0 Å². The van der Waals surface area contributed by atoms with Crippen LogP contribution >= 0.6 is 11.6 Å². The monoisotopic (exact) mass is 255 g/mol. The highest BCUT2D eigenvalue weighted by molar-refractivity contribution is 6.31. The summed E-state index contributed by atoms with van der Waals surface area (Å²) >= 11 is 6.07. The third-order valence-corrected chi connectivity index (χ3v) is 4.23. The Morgan fingerprint density at radius 3 is 2.41 bits per heavy atom. The van der Waals surface area contributed by atoms with Crippen LogP contribution in [-0.2, 0) is 5.54 Å². The Kier molecular flexibility index (Phi) is 2.99. The van der Waals surface area contributed by atoms with Crippen molar-refractivity contribution in [3.8, 4) is 0 Å². The van der Waals surface area contributed by atoms with Crippen LogP contribution in [0.4, 0.5) is 4.39 Å². The van der Waals surface area contributed by atoms with E-state index in [9.17, 15) is 4.39 Å². The molecule has 1 saturated carbocycles. The second kappa shape index (κ2) is 3.96. The molecule has 1 fully saturated rings. The SMILES string of the molecule is CC(C)(C)C1CC(N)(c2ccc(F)cc2Cl)C1. The number of nitrogens with two attached hydrogens (primary N) is 1.